The van der Waals surface area contributed by atoms with E-state index >= 15 is 0 Å². The van der Waals surface area contributed by atoms with Gasteiger partial charge >= 0.3 is 0 Å². The number of rotatable bonds is 4. The summed E-state index contributed by atoms with van der Waals surface area (Å²) in [5.74, 6) is 0.368. The molecule has 1 N–H and O–H groups in total. The molecular weight excluding hydrogens is 202 g/mol. The van der Waals surface area contributed by atoms with Crippen LogP contribution in [0.15, 0.2) is 24.3 Å². The fraction of sp³-hybridized carbons (Fsp3) is 0.300. The lowest BCUT2D eigenvalue weighted by molar-refractivity contribution is -0.113. The highest BCUT2D eigenvalue weighted by Gasteiger charge is 2.05. The van der Waals surface area contributed by atoms with Crippen LogP contribution in [-0.2, 0) is 4.79 Å². The van der Waals surface area contributed by atoms with E-state index in [1.54, 1.807) is 12.1 Å². The van der Waals surface area contributed by atoms with Crippen LogP contribution in [0.1, 0.15) is 6.92 Å². The second-order valence-corrected chi connectivity index (χ2v) is 2.88. The number of hydrogen-bond donors (Lipinski definition) is 1. The lowest BCUT2D eigenvalue weighted by atomic mass is 10.3. The smallest absolute Gasteiger partial charge is 0.239 e. The Morgan fingerprint density at radius 1 is 1.50 bits per heavy atom. The van der Waals surface area contributed by atoms with Crippen molar-refractivity contribution in [3.8, 4) is 5.75 Å². The molecule has 0 fully saturated rings. The van der Waals surface area contributed by atoms with Gasteiger partial charge < -0.3 is 10.1 Å². The molecule has 0 aliphatic carbocycles. The number of halogens is 1. The molecule has 0 atom stereocenters. The van der Waals surface area contributed by atoms with E-state index in [9.17, 15) is 4.79 Å². The number of amides is 1. The van der Waals surface area contributed by atoms with Crippen LogP contribution in [0.5, 0.6) is 5.75 Å². The molecule has 0 aliphatic rings. The summed E-state index contributed by atoms with van der Waals surface area (Å²) in [6.07, 6.45) is 0. The Labute approximate surface area is 88.0 Å². The van der Waals surface area contributed by atoms with Crippen LogP contribution in [0, 0.1) is 0 Å². The minimum absolute atomic E-state index is 0.0551. The molecule has 0 saturated heterocycles. The van der Waals surface area contributed by atoms with E-state index in [4.69, 9.17) is 16.3 Å². The van der Waals surface area contributed by atoms with E-state index in [0.717, 1.165) is 0 Å². The highest BCUT2D eigenvalue weighted by atomic mass is 35.5. The third-order valence-electron chi connectivity index (χ3n) is 1.58. The molecule has 0 aliphatic heterocycles. The Bertz CT molecular complexity index is 315. The van der Waals surface area contributed by atoms with Crippen molar-refractivity contribution >= 4 is 23.2 Å². The van der Waals surface area contributed by atoms with Crippen LogP contribution in [-0.4, -0.2) is 18.4 Å². The van der Waals surface area contributed by atoms with Crippen molar-refractivity contribution in [1.29, 1.82) is 0 Å². The van der Waals surface area contributed by atoms with Crippen LogP contribution in [0.3, 0.4) is 0 Å². The molecule has 0 spiro atoms. The highest BCUT2D eigenvalue weighted by Crippen LogP contribution is 2.23. The fourth-order valence-corrected chi connectivity index (χ4v) is 1.10. The fourth-order valence-electron chi connectivity index (χ4n) is 1.03. The van der Waals surface area contributed by atoms with Crippen molar-refractivity contribution < 1.29 is 9.53 Å². The number of nitrogens with one attached hydrogen (secondary N) is 1. The SMILES string of the molecule is CCOc1ccccc1NC(=O)CCl. The Morgan fingerprint density at radius 2 is 2.21 bits per heavy atom. The van der Waals surface area contributed by atoms with Crippen molar-refractivity contribution in [3.05, 3.63) is 24.3 Å². The van der Waals surface area contributed by atoms with Gasteiger partial charge in [0.2, 0.25) is 5.91 Å². The van der Waals surface area contributed by atoms with Gasteiger partial charge in [-0.15, -0.1) is 11.6 Å². The first-order valence-electron chi connectivity index (χ1n) is 4.35. The van der Waals surface area contributed by atoms with Gasteiger partial charge in [-0.1, -0.05) is 12.1 Å². The maximum atomic E-state index is 11.0. The zero-order chi connectivity index (χ0) is 10.4. The summed E-state index contributed by atoms with van der Waals surface area (Å²) in [6.45, 7) is 2.45. The normalized spacial score (nSPS) is 9.57. The van der Waals surface area contributed by atoms with Gasteiger partial charge in [0.1, 0.15) is 11.6 Å². The first kappa shape index (κ1) is 10.9. The van der Waals surface area contributed by atoms with Crippen molar-refractivity contribution in [1.82, 2.24) is 0 Å². The van der Waals surface area contributed by atoms with Crippen molar-refractivity contribution in [2.45, 2.75) is 6.92 Å². The van der Waals surface area contributed by atoms with Crippen molar-refractivity contribution in [3.63, 3.8) is 0 Å². The molecule has 1 amide bonds. The number of carbonyl (C=O) groups is 1. The molecule has 0 heterocycles. The summed E-state index contributed by atoms with van der Waals surface area (Å²) in [7, 11) is 0. The molecule has 0 radical (unpaired) electrons. The second kappa shape index (κ2) is 5.50. The van der Waals surface area contributed by atoms with E-state index in [-0.39, 0.29) is 11.8 Å². The van der Waals surface area contributed by atoms with Crippen molar-refractivity contribution in [2.24, 2.45) is 0 Å². The van der Waals surface area contributed by atoms with Crippen LogP contribution in [0.4, 0.5) is 5.69 Å². The summed E-state index contributed by atoms with van der Waals surface area (Å²) in [6, 6.07) is 7.25. The van der Waals surface area contributed by atoms with Crippen LogP contribution < -0.4 is 10.1 Å². The average Bonchev–Trinajstić information content (AvgIpc) is 2.21. The number of hydrogen-bond acceptors (Lipinski definition) is 2. The average molecular weight is 214 g/mol. The molecule has 14 heavy (non-hydrogen) atoms. The minimum Gasteiger partial charge on any atom is -0.492 e. The predicted octanol–water partition coefficient (Wildman–Crippen LogP) is 2.26. The van der Waals surface area contributed by atoms with E-state index in [2.05, 4.69) is 5.32 Å². The number of carbonyl (C=O) groups excluding carboxylic acids is 1. The van der Waals surface area contributed by atoms with Gasteiger partial charge in [0.15, 0.2) is 0 Å². The summed E-state index contributed by atoms with van der Waals surface area (Å²) in [5, 5.41) is 2.65. The molecule has 1 aromatic rings. The molecule has 1 rings (SSSR count). The van der Waals surface area contributed by atoms with Crippen LogP contribution in [0.2, 0.25) is 0 Å². The first-order valence-corrected chi connectivity index (χ1v) is 4.89. The maximum absolute atomic E-state index is 11.0. The molecular formula is C10H12ClNO2. The minimum atomic E-state index is -0.237. The van der Waals surface area contributed by atoms with E-state index in [0.29, 0.717) is 18.0 Å². The Morgan fingerprint density at radius 3 is 2.86 bits per heavy atom. The van der Waals surface area contributed by atoms with E-state index in [1.165, 1.54) is 0 Å². The summed E-state index contributed by atoms with van der Waals surface area (Å²) < 4.78 is 5.32. The van der Waals surface area contributed by atoms with Gasteiger partial charge in [-0.2, -0.15) is 0 Å². The lowest BCUT2D eigenvalue weighted by Crippen LogP contribution is -2.13. The third kappa shape index (κ3) is 2.92. The number of para-hydroxylation sites is 2. The zero-order valence-electron chi connectivity index (χ0n) is 7.92. The van der Waals surface area contributed by atoms with Gasteiger partial charge in [-0.25, -0.2) is 0 Å². The number of alkyl halides is 1. The molecule has 76 valence electrons. The maximum Gasteiger partial charge on any atom is 0.239 e. The molecule has 0 unspecified atom stereocenters. The lowest BCUT2D eigenvalue weighted by Gasteiger charge is -2.09. The van der Waals surface area contributed by atoms with Gasteiger partial charge in [0.25, 0.3) is 0 Å². The van der Waals surface area contributed by atoms with Gasteiger partial charge in [0, 0.05) is 0 Å². The molecule has 4 heteroatoms. The van der Waals surface area contributed by atoms with Crippen LogP contribution >= 0.6 is 11.6 Å². The molecule has 0 aromatic heterocycles. The van der Waals surface area contributed by atoms with E-state index < -0.39 is 0 Å². The summed E-state index contributed by atoms with van der Waals surface area (Å²) in [4.78, 5) is 11.0. The topological polar surface area (TPSA) is 38.3 Å². The van der Waals surface area contributed by atoms with Gasteiger partial charge in [-0.3, -0.25) is 4.79 Å². The standard InChI is InChI=1S/C10H12ClNO2/c1-2-14-9-6-4-3-5-8(9)12-10(13)7-11/h3-6H,2,7H2,1H3,(H,12,13). The molecule has 0 saturated carbocycles. The molecule has 0 bridgehead atoms. The van der Waals surface area contributed by atoms with Gasteiger partial charge in [0.05, 0.1) is 12.3 Å². The van der Waals surface area contributed by atoms with Crippen LogP contribution in [0.25, 0.3) is 0 Å². The Balaban J connectivity index is 2.78. The Hall–Kier alpha value is -1.22. The number of anilines is 1. The first-order chi connectivity index (χ1) is 6.77. The van der Waals surface area contributed by atoms with E-state index in [1.807, 2.05) is 19.1 Å². The second-order valence-electron chi connectivity index (χ2n) is 2.61. The van der Waals surface area contributed by atoms with Gasteiger partial charge in [-0.05, 0) is 19.1 Å². The zero-order valence-corrected chi connectivity index (χ0v) is 8.67. The monoisotopic (exact) mass is 213 g/mol. The third-order valence-corrected chi connectivity index (χ3v) is 1.83. The predicted molar refractivity (Wildman–Crippen MR) is 57.0 cm³/mol. The quantitative estimate of drug-likeness (QED) is 0.780. The summed E-state index contributed by atoms with van der Waals surface area (Å²) in [5.41, 5.74) is 0.653. The van der Waals surface area contributed by atoms with Crippen molar-refractivity contribution in [2.75, 3.05) is 17.8 Å². The summed E-state index contributed by atoms with van der Waals surface area (Å²) >= 11 is 5.38. The largest absolute Gasteiger partial charge is 0.492 e. The molecule has 3 nitrogen and oxygen atoms in total. The highest BCUT2D eigenvalue weighted by molar-refractivity contribution is 6.29. The number of ether oxygens (including phenoxy) is 1. The number of benzene rings is 1. The Kier molecular flexibility index (Phi) is 4.26. The molecule has 1 aromatic carbocycles.